The highest BCUT2D eigenvalue weighted by Gasteiger charge is 2.18. The second kappa shape index (κ2) is 6.30. The highest BCUT2D eigenvalue weighted by atomic mass is 16.4. The second-order valence-electron chi connectivity index (χ2n) is 4.59. The summed E-state index contributed by atoms with van der Waals surface area (Å²) in [5.41, 5.74) is 2.06. The maximum absolute atomic E-state index is 12.3. The quantitative estimate of drug-likeness (QED) is 0.898. The van der Waals surface area contributed by atoms with Crippen LogP contribution in [0.2, 0.25) is 0 Å². The average Bonchev–Trinajstić information content (AvgIpc) is 2.48. The normalized spacial score (nSPS) is 10.6. The van der Waals surface area contributed by atoms with Gasteiger partial charge in [-0.1, -0.05) is 13.8 Å². The van der Waals surface area contributed by atoms with E-state index in [1.807, 2.05) is 13.8 Å². The fourth-order valence-corrected chi connectivity index (χ4v) is 2.42. The van der Waals surface area contributed by atoms with Crippen LogP contribution in [0.15, 0.2) is 29.3 Å². The van der Waals surface area contributed by atoms with Crippen LogP contribution < -0.4 is 5.69 Å². The summed E-state index contributed by atoms with van der Waals surface area (Å²) >= 11 is 0. The molecule has 0 aliphatic heterocycles. The molecule has 0 saturated carbocycles. The van der Waals surface area contributed by atoms with Crippen molar-refractivity contribution in [2.45, 2.75) is 33.1 Å². The van der Waals surface area contributed by atoms with Crippen molar-refractivity contribution in [2.75, 3.05) is 0 Å². The van der Waals surface area contributed by atoms with E-state index in [9.17, 15) is 9.59 Å². The summed E-state index contributed by atoms with van der Waals surface area (Å²) in [5, 5.41) is 9.11. The molecule has 0 amide bonds. The van der Waals surface area contributed by atoms with Crippen LogP contribution in [0.3, 0.4) is 0 Å². The molecule has 2 aromatic rings. The number of aromatic nitrogens is 3. The molecule has 0 unspecified atom stereocenters. The van der Waals surface area contributed by atoms with E-state index >= 15 is 0 Å². The molecule has 0 fully saturated rings. The first-order valence-corrected chi connectivity index (χ1v) is 6.84. The molecule has 2 rings (SSSR count). The molecule has 6 heteroatoms. The van der Waals surface area contributed by atoms with Crippen LogP contribution in [0.4, 0.5) is 0 Å². The van der Waals surface area contributed by atoms with Gasteiger partial charge in [-0.25, -0.2) is 4.79 Å². The lowest BCUT2D eigenvalue weighted by Gasteiger charge is -2.17. The highest BCUT2D eigenvalue weighted by molar-refractivity contribution is 5.71. The van der Waals surface area contributed by atoms with E-state index in [1.54, 1.807) is 24.5 Å². The van der Waals surface area contributed by atoms with E-state index in [-0.39, 0.29) is 6.42 Å². The van der Waals surface area contributed by atoms with Gasteiger partial charge in [-0.2, -0.15) is 4.98 Å². The molecule has 110 valence electrons. The minimum Gasteiger partial charge on any atom is -0.481 e. The maximum Gasteiger partial charge on any atom is 0.352 e. The molecule has 0 atom stereocenters. The smallest absolute Gasteiger partial charge is 0.352 e. The monoisotopic (exact) mass is 287 g/mol. The van der Waals surface area contributed by atoms with E-state index in [0.29, 0.717) is 35.5 Å². The Morgan fingerprint density at radius 1 is 1.33 bits per heavy atom. The number of carbonyl (C=O) groups is 1. The fraction of sp³-hybridized carbons (Fsp3) is 0.333. The van der Waals surface area contributed by atoms with E-state index in [0.717, 1.165) is 0 Å². The van der Waals surface area contributed by atoms with Gasteiger partial charge in [0.05, 0.1) is 24.0 Å². The summed E-state index contributed by atoms with van der Waals surface area (Å²) in [6, 6.07) is 3.48. The zero-order valence-electron chi connectivity index (χ0n) is 12.0. The Hall–Kier alpha value is -2.50. The van der Waals surface area contributed by atoms with E-state index in [4.69, 9.17) is 5.11 Å². The van der Waals surface area contributed by atoms with Gasteiger partial charge in [0.25, 0.3) is 0 Å². The highest BCUT2D eigenvalue weighted by Crippen LogP contribution is 2.17. The van der Waals surface area contributed by atoms with Gasteiger partial charge in [-0.3, -0.25) is 14.3 Å². The molecule has 6 nitrogen and oxygen atoms in total. The predicted molar refractivity (Wildman–Crippen MR) is 77.7 cm³/mol. The van der Waals surface area contributed by atoms with Crippen molar-refractivity contribution in [3.05, 3.63) is 52.0 Å². The Balaban J connectivity index is 2.76. The van der Waals surface area contributed by atoms with Gasteiger partial charge in [0.15, 0.2) is 0 Å². The molecule has 0 spiro atoms. The van der Waals surface area contributed by atoms with Crippen molar-refractivity contribution in [3.8, 4) is 5.69 Å². The summed E-state index contributed by atoms with van der Waals surface area (Å²) in [6.07, 6.45) is 4.12. The summed E-state index contributed by atoms with van der Waals surface area (Å²) < 4.78 is 1.45. The number of carboxylic acid groups (broad SMARTS) is 1. The van der Waals surface area contributed by atoms with Crippen LogP contribution >= 0.6 is 0 Å². The number of hydrogen-bond donors (Lipinski definition) is 1. The predicted octanol–water partition coefficient (Wildman–Crippen LogP) is 1.38. The molecule has 0 radical (unpaired) electrons. The van der Waals surface area contributed by atoms with Crippen LogP contribution in [0.1, 0.15) is 30.8 Å². The molecule has 21 heavy (non-hydrogen) atoms. The third kappa shape index (κ3) is 2.99. The Labute approximate surface area is 122 Å². The summed E-state index contributed by atoms with van der Waals surface area (Å²) in [6.45, 7) is 3.76. The largest absolute Gasteiger partial charge is 0.481 e. The van der Waals surface area contributed by atoms with Gasteiger partial charge >= 0.3 is 11.7 Å². The Morgan fingerprint density at radius 3 is 2.62 bits per heavy atom. The number of aliphatic carboxylic acids is 1. The first kappa shape index (κ1) is 14.9. The minimum absolute atomic E-state index is 0.139. The van der Waals surface area contributed by atoms with Crippen molar-refractivity contribution < 1.29 is 9.90 Å². The van der Waals surface area contributed by atoms with Gasteiger partial charge in [-0.05, 0) is 25.0 Å². The van der Waals surface area contributed by atoms with Gasteiger partial charge in [0.1, 0.15) is 0 Å². The Morgan fingerprint density at radius 2 is 2.10 bits per heavy atom. The zero-order chi connectivity index (χ0) is 15.4. The van der Waals surface area contributed by atoms with Crippen molar-refractivity contribution >= 4 is 5.97 Å². The summed E-state index contributed by atoms with van der Waals surface area (Å²) in [4.78, 5) is 31.5. The first-order chi connectivity index (χ1) is 10.1. The lowest BCUT2D eigenvalue weighted by Crippen LogP contribution is -2.29. The Kier molecular flexibility index (Phi) is 4.47. The molecule has 0 bridgehead atoms. The minimum atomic E-state index is -0.933. The second-order valence-corrected chi connectivity index (χ2v) is 4.59. The molecule has 0 saturated heterocycles. The van der Waals surface area contributed by atoms with Gasteiger partial charge in [0.2, 0.25) is 0 Å². The standard InChI is InChI=1S/C15H17N3O3/c1-3-12-11(8-14(19)20)13(4-2)18(15(21)17-12)10-6-5-7-16-9-10/h5-7,9H,3-4,8H2,1-2H3,(H,19,20). The molecule has 2 heterocycles. The lowest BCUT2D eigenvalue weighted by molar-refractivity contribution is -0.136. The fourth-order valence-electron chi connectivity index (χ4n) is 2.42. The number of rotatable bonds is 5. The van der Waals surface area contributed by atoms with Crippen LogP contribution in [-0.4, -0.2) is 25.6 Å². The van der Waals surface area contributed by atoms with Crippen molar-refractivity contribution in [1.29, 1.82) is 0 Å². The SMILES string of the molecule is CCc1nc(=O)n(-c2cccnc2)c(CC)c1CC(=O)O. The molecular formula is C15H17N3O3. The third-order valence-electron chi connectivity index (χ3n) is 3.29. The van der Waals surface area contributed by atoms with Gasteiger partial charge in [-0.15, -0.1) is 0 Å². The number of aryl methyl sites for hydroxylation is 1. The number of pyridine rings is 1. The van der Waals surface area contributed by atoms with Crippen LogP contribution in [-0.2, 0) is 24.1 Å². The van der Waals surface area contributed by atoms with E-state index < -0.39 is 11.7 Å². The van der Waals surface area contributed by atoms with Crippen molar-refractivity contribution in [2.24, 2.45) is 0 Å². The maximum atomic E-state index is 12.3. The molecule has 2 aromatic heterocycles. The molecular weight excluding hydrogens is 270 g/mol. The van der Waals surface area contributed by atoms with Crippen LogP contribution in [0, 0.1) is 0 Å². The summed E-state index contributed by atoms with van der Waals surface area (Å²) in [5.74, 6) is -0.933. The average molecular weight is 287 g/mol. The molecule has 0 aromatic carbocycles. The van der Waals surface area contributed by atoms with Crippen LogP contribution in [0.25, 0.3) is 5.69 Å². The number of carboxylic acids is 1. The van der Waals surface area contributed by atoms with Gasteiger partial charge in [0, 0.05) is 17.5 Å². The van der Waals surface area contributed by atoms with E-state index in [1.165, 1.54) is 4.57 Å². The molecule has 0 aliphatic rings. The first-order valence-electron chi connectivity index (χ1n) is 6.84. The Bertz CT molecular complexity index is 708. The summed E-state index contributed by atoms with van der Waals surface area (Å²) in [7, 11) is 0. The molecule has 1 N–H and O–H groups in total. The third-order valence-corrected chi connectivity index (χ3v) is 3.29. The number of nitrogens with zero attached hydrogens (tertiary/aromatic N) is 3. The van der Waals surface area contributed by atoms with Crippen molar-refractivity contribution in [3.63, 3.8) is 0 Å². The van der Waals surface area contributed by atoms with Crippen molar-refractivity contribution in [1.82, 2.24) is 14.5 Å². The topological polar surface area (TPSA) is 85.1 Å². The molecule has 0 aliphatic carbocycles. The van der Waals surface area contributed by atoms with E-state index in [2.05, 4.69) is 9.97 Å². The number of hydrogen-bond acceptors (Lipinski definition) is 4. The van der Waals surface area contributed by atoms with Gasteiger partial charge < -0.3 is 5.11 Å². The zero-order valence-corrected chi connectivity index (χ0v) is 12.0. The van der Waals surface area contributed by atoms with Crippen LogP contribution in [0.5, 0.6) is 0 Å². The lowest BCUT2D eigenvalue weighted by atomic mass is 10.0.